The van der Waals surface area contributed by atoms with Gasteiger partial charge in [0.05, 0.1) is 5.69 Å². The summed E-state index contributed by atoms with van der Waals surface area (Å²) < 4.78 is 13.0. The van der Waals surface area contributed by atoms with Crippen molar-refractivity contribution in [2.45, 2.75) is 19.3 Å². The molecule has 1 heterocycles. The van der Waals surface area contributed by atoms with Gasteiger partial charge in [0.25, 0.3) is 0 Å². The highest BCUT2D eigenvalue weighted by Gasteiger charge is 2.16. The van der Waals surface area contributed by atoms with E-state index in [2.05, 4.69) is 16.5 Å². The standard InChI is InChI=1S/C9H9FN2/c1-6-2-3-7-8(4-6)11-5-12-9(7)10/h5H,1-4H2. The van der Waals surface area contributed by atoms with Crippen LogP contribution in [0.25, 0.3) is 0 Å². The summed E-state index contributed by atoms with van der Waals surface area (Å²) in [6.07, 6.45) is 3.53. The van der Waals surface area contributed by atoms with E-state index < -0.39 is 0 Å². The molecule has 0 saturated heterocycles. The van der Waals surface area contributed by atoms with Crippen LogP contribution >= 0.6 is 0 Å². The molecule has 0 unspecified atom stereocenters. The normalized spacial score (nSPS) is 15.9. The first-order valence-corrected chi connectivity index (χ1v) is 3.92. The zero-order chi connectivity index (χ0) is 8.55. The van der Waals surface area contributed by atoms with Crippen molar-refractivity contribution in [3.8, 4) is 0 Å². The molecule has 2 rings (SSSR count). The predicted octanol–water partition coefficient (Wildman–Crippen LogP) is 1.66. The van der Waals surface area contributed by atoms with Gasteiger partial charge in [0.1, 0.15) is 6.33 Å². The van der Waals surface area contributed by atoms with Gasteiger partial charge in [0, 0.05) is 12.0 Å². The number of hydrogen-bond donors (Lipinski definition) is 0. The Morgan fingerprint density at radius 3 is 3.00 bits per heavy atom. The molecule has 0 aromatic carbocycles. The predicted molar refractivity (Wildman–Crippen MR) is 43.2 cm³/mol. The fraction of sp³-hybridized carbons (Fsp3) is 0.333. The summed E-state index contributed by atoms with van der Waals surface area (Å²) in [5, 5.41) is 0. The number of allylic oxidation sites excluding steroid dienone is 1. The van der Waals surface area contributed by atoms with Crippen LogP contribution in [0.15, 0.2) is 18.5 Å². The molecule has 0 bridgehead atoms. The Kier molecular flexibility index (Phi) is 1.64. The first kappa shape index (κ1) is 7.40. The SMILES string of the molecule is C=C1CCc2c(F)ncnc2C1. The molecule has 1 aromatic rings. The van der Waals surface area contributed by atoms with Crippen molar-refractivity contribution >= 4 is 0 Å². The molecule has 3 heteroatoms. The summed E-state index contributed by atoms with van der Waals surface area (Å²) in [6, 6.07) is 0. The van der Waals surface area contributed by atoms with Gasteiger partial charge in [0.15, 0.2) is 0 Å². The summed E-state index contributed by atoms with van der Waals surface area (Å²) in [5.74, 6) is -0.368. The highest BCUT2D eigenvalue weighted by atomic mass is 19.1. The third-order valence-electron chi connectivity index (χ3n) is 2.13. The van der Waals surface area contributed by atoms with Crippen LogP contribution in [-0.2, 0) is 12.8 Å². The minimum absolute atomic E-state index is 0.368. The van der Waals surface area contributed by atoms with Crippen LogP contribution in [0.1, 0.15) is 17.7 Å². The van der Waals surface area contributed by atoms with E-state index in [-0.39, 0.29) is 5.95 Å². The summed E-state index contributed by atoms with van der Waals surface area (Å²) >= 11 is 0. The molecule has 0 radical (unpaired) electrons. The lowest BCUT2D eigenvalue weighted by molar-refractivity contribution is 0.549. The fourth-order valence-electron chi connectivity index (χ4n) is 1.45. The lowest BCUT2D eigenvalue weighted by Crippen LogP contribution is -2.10. The van der Waals surface area contributed by atoms with E-state index in [9.17, 15) is 4.39 Å². The number of fused-ring (bicyclic) bond motifs is 1. The fourth-order valence-corrected chi connectivity index (χ4v) is 1.45. The molecule has 2 nitrogen and oxygen atoms in total. The average Bonchev–Trinajstić information content (AvgIpc) is 2.04. The lowest BCUT2D eigenvalue weighted by Gasteiger charge is -2.15. The molecular formula is C9H9FN2. The Balaban J connectivity index is 2.48. The monoisotopic (exact) mass is 164 g/mol. The minimum Gasteiger partial charge on any atom is -0.241 e. The molecule has 0 atom stereocenters. The molecule has 1 aliphatic carbocycles. The van der Waals surface area contributed by atoms with Gasteiger partial charge in [-0.1, -0.05) is 12.2 Å². The van der Waals surface area contributed by atoms with E-state index in [1.807, 2.05) is 0 Å². The number of aromatic nitrogens is 2. The Bertz CT molecular complexity index is 333. The summed E-state index contributed by atoms with van der Waals surface area (Å²) in [4.78, 5) is 7.53. The molecule has 0 fully saturated rings. The molecule has 0 amide bonds. The third kappa shape index (κ3) is 1.11. The van der Waals surface area contributed by atoms with Crippen LogP contribution in [0.2, 0.25) is 0 Å². The van der Waals surface area contributed by atoms with Crippen LogP contribution in [-0.4, -0.2) is 9.97 Å². The van der Waals surface area contributed by atoms with Crippen LogP contribution in [0.4, 0.5) is 4.39 Å². The maximum absolute atomic E-state index is 13.0. The van der Waals surface area contributed by atoms with Crippen LogP contribution < -0.4 is 0 Å². The van der Waals surface area contributed by atoms with E-state index in [0.29, 0.717) is 18.4 Å². The largest absolute Gasteiger partial charge is 0.241 e. The third-order valence-corrected chi connectivity index (χ3v) is 2.13. The van der Waals surface area contributed by atoms with Gasteiger partial charge in [-0.25, -0.2) is 9.97 Å². The smallest absolute Gasteiger partial charge is 0.219 e. The number of nitrogens with zero attached hydrogens (tertiary/aromatic N) is 2. The van der Waals surface area contributed by atoms with Crippen molar-refractivity contribution in [2.24, 2.45) is 0 Å². The van der Waals surface area contributed by atoms with Crippen molar-refractivity contribution in [3.05, 3.63) is 35.7 Å². The van der Waals surface area contributed by atoms with E-state index in [1.165, 1.54) is 6.33 Å². The average molecular weight is 164 g/mol. The highest BCUT2D eigenvalue weighted by molar-refractivity contribution is 5.27. The molecule has 1 aliphatic rings. The zero-order valence-electron chi connectivity index (χ0n) is 6.68. The van der Waals surface area contributed by atoms with E-state index >= 15 is 0 Å². The Labute approximate surface area is 70.2 Å². The van der Waals surface area contributed by atoms with E-state index in [0.717, 1.165) is 17.7 Å². The van der Waals surface area contributed by atoms with Gasteiger partial charge in [-0.15, -0.1) is 0 Å². The second-order valence-electron chi connectivity index (χ2n) is 3.02. The maximum Gasteiger partial charge on any atom is 0.219 e. The second-order valence-corrected chi connectivity index (χ2v) is 3.02. The second kappa shape index (κ2) is 2.66. The molecule has 0 spiro atoms. The molecule has 0 aliphatic heterocycles. The maximum atomic E-state index is 13.0. The van der Waals surface area contributed by atoms with Gasteiger partial charge in [-0.3, -0.25) is 0 Å². The zero-order valence-corrected chi connectivity index (χ0v) is 6.68. The van der Waals surface area contributed by atoms with Crippen LogP contribution in [0.5, 0.6) is 0 Å². The van der Waals surface area contributed by atoms with Crippen LogP contribution in [0.3, 0.4) is 0 Å². The van der Waals surface area contributed by atoms with Crippen molar-refractivity contribution in [1.29, 1.82) is 0 Å². The van der Waals surface area contributed by atoms with E-state index in [4.69, 9.17) is 0 Å². The first-order chi connectivity index (χ1) is 5.77. The van der Waals surface area contributed by atoms with Gasteiger partial charge >= 0.3 is 0 Å². The molecule has 0 N–H and O–H groups in total. The number of halogens is 1. The summed E-state index contributed by atoms with van der Waals surface area (Å²) in [7, 11) is 0. The topological polar surface area (TPSA) is 25.8 Å². The van der Waals surface area contributed by atoms with Gasteiger partial charge in [0.2, 0.25) is 5.95 Å². The molecule has 12 heavy (non-hydrogen) atoms. The van der Waals surface area contributed by atoms with Crippen molar-refractivity contribution < 1.29 is 4.39 Å². The lowest BCUT2D eigenvalue weighted by atomic mass is 9.94. The van der Waals surface area contributed by atoms with Crippen LogP contribution in [0, 0.1) is 5.95 Å². The quantitative estimate of drug-likeness (QED) is 0.430. The van der Waals surface area contributed by atoms with Gasteiger partial charge in [-0.05, 0) is 12.8 Å². The van der Waals surface area contributed by atoms with Crippen molar-refractivity contribution in [1.82, 2.24) is 9.97 Å². The summed E-state index contributed by atoms with van der Waals surface area (Å²) in [6.45, 7) is 3.86. The first-order valence-electron chi connectivity index (χ1n) is 3.92. The Morgan fingerprint density at radius 2 is 2.17 bits per heavy atom. The highest BCUT2D eigenvalue weighted by Crippen LogP contribution is 2.22. The van der Waals surface area contributed by atoms with Crippen molar-refractivity contribution in [3.63, 3.8) is 0 Å². The molecule has 0 saturated carbocycles. The number of rotatable bonds is 0. The number of hydrogen-bond acceptors (Lipinski definition) is 2. The molecule has 1 aromatic heterocycles. The molecular weight excluding hydrogens is 155 g/mol. The van der Waals surface area contributed by atoms with Gasteiger partial charge in [-0.2, -0.15) is 4.39 Å². The van der Waals surface area contributed by atoms with E-state index in [1.54, 1.807) is 0 Å². The minimum atomic E-state index is -0.368. The van der Waals surface area contributed by atoms with Crippen molar-refractivity contribution in [2.75, 3.05) is 0 Å². The molecule has 62 valence electrons. The Morgan fingerprint density at radius 1 is 1.33 bits per heavy atom. The van der Waals surface area contributed by atoms with Gasteiger partial charge < -0.3 is 0 Å². The summed E-state index contributed by atoms with van der Waals surface area (Å²) in [5.41, 5.74) is 2.60. The Hall–Kier alpha value is -1.25.